The van der Waals surface area contributed by atoms with Crippen molar-refractivity contribution in [2.75, 3.05) is 0 Å². The van der Waals surface area contributed by atoms with E-state index in [1.807, 2.05) is 0 Å². The van der Waals surface area contributed by atoms with Crippen molar-refractivity contribution in [1.29, 1.82) is 5.26 Å². The Labute approximate surface area is 96.4 Å². The summed E-state index contributed by atoms with van der Waals surface area (Å²) in [5.74, 6) is 0. The van der Waals surface area contributed by atoms with Crippen LogP contribution in [-0.4, -0.2) is 13.7 Å². The van der Waals surface area contributed by atoms with Gasteiger partial charge in [-0.3, -0.25) is 0 Å². The Bertz CT molecular complexity index is 558. The van der Waals surface area contributed by atoms with Crippen molar-refractivity contribution in [2.24, 2.45) is 0 Å². The van der Waals surface area contributed by atoms with Gasteiger partial charge < -0.3 is 0 Å². The van der Waals surface area contributed by atoms with Gasteiger partial charge >= 0.3 is 6.18 Å². The first-order valence-corrected chi connectivity index (χ1v) is 6.05. The highest BCUT2D eigenvalue weighted by atomic mass is 32.2. The van der Waals surface area contributed by atoms with Crippen LogP contribution in [0.15, 0.2) is 29.2 Å². The van der Waals surface area contributed by atoms with E-state index < -0.39 is 31.7 Å². The SMILES string of the molecule is CC(C#N)S(=O)(=O)c1cccc(C(F)(F)F)c1. The maximum atomic E-state index is 12.4. The highest BCUT2D eigenvalue weighted by molar-refractivity contribution is 7.92. The van der Waals surface area contributed by atoms with Gasteiger partial charge in [0.2, 0.25) is 0 Å². The smallest absolute Gasteiger partial charge is 0.222 e. The highest BCUT2D eigenvalue weighted by Gasteiger charge is 2.32. The fourth-order valence-electron chi connectivity index (χ4n) is 1.12. The highest BCUT2D eigenvalue weighted by Crippen LogP contribution is 2.31. The predicted octanol–water partition coefficient (Wildman–Crippen LogP) is 2.39. The van der Waals surface area contributed by atoms with Gasteiger partial charge in [-0.2, -0.15) is 18.4 Å². The van der Waals surface area contributed by atoms with Gasteiger partial charge in [0.1, 0.15) is 5.25 Å². The molecule has 0 saturated heterocycles. The third-order valence-corrected chi connectivity index (χ3v) is 4.08. The molecule has 3 nitrogen and oxygen atoms in total. The Morgan fingerprint density at radius 2 is 1.94 bits per heavy atom. The quantitative estimate of drug-likeness (QED) is 0.823. The maximum absolute atomic E-state index is 12.4. The zero-order chi connectivity index (χ0) is 13.3. The van der Waals surface area contributed by atoms with Gasteiger partial charge in [-0.05, 0) is 25.1 Å². The van der Waals surface area contributed by atoms with E-state index >= 15 is 0 Å². The van der Waals surface area contributed by atoms with Crippen molar-refractivity contribution in [3.05, 3.63) is 29.8 Å². The van der Waals surface area contributed by atoms with E-state index in [1.54, 1.807) is 0 Å². The summed E-state index contributed by atoms with van der Waals surface area (Å²) in [6.07, 6.45) is -4.61. The molecule has 0 N–H and O–H groups in total. The lowest BCUT2D eigenvalue weighted by atomic mass is 10.2. The molecule has 1 unspecified atom stereocenters. The van der Waals surface area contributed by atoms with Crippen LogP contribution in [0, 0.1) is 11.3 Å². The molecule has 0 fully saturated rings. The Hall–Kier alpha value is -1.55. The molecule has 0 aliphatic rings. The molecule has 17 heavy (non-hydrogen) atoms. The second-order valence-corrected chi connectivity index (χ2v) is 5.61. The van der Waals surface area contributed by atoms with E-state index in [1.165, 1.54) is 6.07 Å². The summed E-state index contributed by atoms with van der Waals surface area (Å²) in [6, 6.07) is 4.84. The van der Waals surface area contributed by atoms with Crippen LogP contribution in [0.25, 0.3) is 0 Å². The van der Waals surface area contributed by atoms with Gasteiger partial charge in [0, 0.05) is 0 Å². The Kier molecular flexibility index (Phi) is 3.48. The number of nitriles is 1. The van der Waals surface area contributed by atoms with E-state index in [4.69, 9.17) is 5.26 Å². The largest absolute Gasteiger partial charge is 0.416 e. The number of benzene rings is 1. The molecule has 0 aromatic heterocycles. The number of hydrogen-bond acceptors (Lipinski definition) is 3. The van der Waals surface area contributed by atoms with Gasteiger partial charge in [0.05, 0.1) is 16.5 Å². The number of hydrogen-bond donors (Lipinski definition) is 0. The Morgan fingerprint density at radius 1 is 1.35 bits per heavy atom. The van der Waals surface area contributed by atoms with Crippen molar-refractivity contribution in [3.63, 3.8) is 0 Å². The fourth-order valence-corrected chi connectivity index (χ4v) is 2.23. The van der Waals surface area contributed by atoms with E-state index in [0.29, 0.717) is 6.07 Å². The van der Waals surface area contributed by atoms with Crippen molar-refractivity contribution in [2.45, 2.75) is 23.2 Å². The van der Waals surface area contributed by atoms with Crippen LogP contribution in [0.5, 0.6) is 0 Å². The minimum atomic E-state index is -4.61. The van der Waals surface area contributed by atoms with Crippen molar-refractivity contribution in [1.82, 2.24) is 0 Å². The summed E-state index contributed by atoms with van der Waals surface area (Å²) < 4.78 is 60.4. The molecule has 0 aliphatic heterocycles. The van der Waals surface area contributed by atoms with E-state index in [-0.39, 0.29) is 0 Å². The summed E-state index contributed by atoms with van der Waals surface area (Å²) in [7, 11) is -4.03. The average molecular weight is 263 g/mol. The minimum Gasteiger partial charge on any atom is -0.222 e. The molecular weight excluding hydrogens is 255 g/mol. The van der Waals surface area contributed by atoms with Gasteiger partial charge in [0.25, 0.3) is 0 Å². The first-order valence-electron chi connectivity index (χ1n) is 4.50. The van der Waals surface area contributed by atoms with E-state index in [9.17, 15) is 21.6 Å². The van der Waals surface area contributed by atoms with Crippen LogP contribution < -0.4 is 0 Å². The standard InChI is InChI=1S/C10H8F3NO2S/c1-7(6-14)17(15,16)9-4-2-3-8(5-9)10(11,12)13/h2-5,7H,1H3. The van der Waals surface area contributed by atoms with Crippen LogP contribution in [0.1, 0.15) is 12.5 Å². The molecule has 1 aromatic carbocycles. The van der Waals surface area contributed by atoms with Gasteiger partial charge in [-0.25, -0.2) is 8.42 Å². The molecule has 0 saturated carbocycles. The minimum absolute atomic E-state index is 0.499. The molecular formula is C10H8F3NO2S. The predicted molar refractivity (Wildman–Crippen MR) is 53.7 cm³/mol. The fraction of sp³-hybridized carbons (Fsp3) is 0.300. The number of halogens is 3. The topological polar surface area (TPSA) is 57.9 Å². The van der Waals surface area contributed by atoms with Gasteiger partial charge in [-0.15, -0.1) is 0 Å². The molecule has 1 atom stereocenters. The second kappa shape index (κ2) is 4.37. The third kappa shape index (κ3) is 2.77. The molecule has 1 aromatic rings. The first-order chi connectivity index (χ1) is 7.69. The average Bonchev–Trinajstić information content (AvgIpc) is 2.27. The van der Waals surface area contributed by atoms with E-state index in [0.717, 1.165) is 25.1 Å². The molecule has 0 aliphatic carbocycles. The summed E-state index contributed by atoms with van der Waals surface area (Å²) in [5, 5.41) is 7.13. The number of nitrogens with zero attached hydrogens (tertiary/aromatic N) is 1. The van der Waals surface area contributed by atoms with Crippen LogP contribution in [0.3, 0.4) is 0 Å². The third-order valence-electron chi connectivity index (χ3n) is 2.14. The van der Waals surface area contributed by atoms with Crippen LogP contribution in [0.2, 0.25) is 0 Å². The van der Waals surface area contributed by atoms with Crippen molar-refractivity contribution >= 4 is 9.84 Å². The zero-order valence-electron chi connectivity index (χ0n) is 8.69. The van der Waals surface area contributed by atoms with Crippen LogP contribution in [0.4, 0.5) is 13.2 Å². The molecule has 1 rings (SSSR count). The summed E-state index contributed by atoms with van der Waals surface area (Å²) in [4.78, 5) is -0.499. The lowest BCUT2D eigenvalue weighted by molar-refractivity contribution is -0.137. The summed E-state index contributed by atoms with van der Waals surface area (Å²) in [5.41, 5.74) is -1.05. The number of alkyl halides is 3. The molecule has 0 amide bonds. The lowest BCUT2D eigenvalue weighted by Crippen LogP contribution is -2.16. The van der Waals surface area contributed by atoms with Gasteiger partial charge in [-0.1, -0.05) is 6.07 Å². The normalized spacial score (nSPS) is 14.1. The number of rotatable bonds is 2. The molecule has 0 bridgehead atoms. The summed E-state index contributed by atoms with van der Waals surface area (Å²) in [6.45, 7) is 1.12. The second-order valence-electron chi connectivity index (χ2n) is 3.34. The Balaban J connectivity index is 3.32. The van der Waals surface area contributed by atoms with Crippen LogP contribution >= 0.6 is 0 Å². The van der Waals surface area contributed by atoms with Gasteiger partial charge in [0.15, 0.2) is 9.84 Å². The van der Waals surface area contributed by atoms with Crippen molar-refractivity contribution < 1.29 is 21.6 Å². The molecule has 0 spiro atoms. The zero-order valence-corrected chi connectivity index (χ0v) is 9.51. The molecule has 92 valence electrons. The summed E-state index contributed by atoms with van der Waals surface area (Å²) >= 11 is 0. The lowest BCUT2D eigenvalue weighted by Gasteiger charge is -2.10. The molecule has 0 heterocycles. The molecule has 0 radical (unpaired) electrons. The van der Waals surface area contributed by atoms with E-state index in [2.05, 4.69) is 0 Å². The molecule has 7 heteroatoms. The number of sulfone groups is 1. The monoisotopic (exact) mass is 263 g/mol. The maximum Gasteiger partial charge on any atom is 0.416 e. The first kappa shape index (κ1) is 13.5. The van der Waals surface area contributed by atoms with Crippen LogP contribution in [-0.2, 0) is 16.0 Å². The Morgan fingerprint density at radius 3 is 2.41 bits per heavy atom. The van der Waals surface area contributed by atoms with Crippen molar-refractivity contribution in [3.8, 4) is 6.07 Å².